The summed E-state index contributed by atoms with van der Waals surface area (Å²) < 4.78 is 0.376. The third-order valence-corrected chi connectivity index (χ3v) is 8.40. The number of rotatable bonds is 2. The number of aryl methyl sites for hydroxylation is 1. The van der Waals surface area contributed by atoms with E-state index in [0.717, 1.165) is 24.1 Å². The number of anilines is 1. The Balaban J connectivity index is 1.70. The summed E-state index contributed by atoms with van der Waals surface area (Å²) in [4.78, 5) is 28.2. The second-order valence-electron chi connectivity index (χ2n) is 8.39. The lowest BCUT2D eigenvalue weighted by Crippen LogP contribution is -2.56. The van der Waals surface area contributed by atoms with Crippen LogP contribution in [-0.2, 0) is 9.59 Å². The number of benzene rings is 2. The van der Waals surface area contributed by atoms with Crippen LogP contribution in [0.1, 0.15) is 30.0 Å². The van der Waals surface area contributed by atoms with Crippen molar-refractivity contribution in [3.8, 4) is 0 Å². The van der Waals surface area contributed by atoms with Crippen molar-refractivity contribution in [2.45, 2.75) is 35.8 Å². The van der Waals surface area contributed by atoms with Gasteiger partial charge in [0.15, 0.2) is 0 Å². The fourth-order valence-electron chi connectivity index (χ4n) is 5.57. The Morgan fingerprint density at radius 3 is 2.38 bits per heavy atom. The van der Waals surface area contributed by atoms with Crippen LogP contribution < -0.4 is 10.2 Å². The van der Waals surface area contributed by atoms with Crippen LogP contribution in [0.5, 0.6) is 0 Å². The normalized spacial score (nSPS) is 33.4. The number of piperidine rings is 1. The molecule has 2 aliphatic heterocycles. The number of nitrogens with one attached hydrogen (secondary N) is 1. The minimum absolute atomic E-state index is 0.0360. The molecule has 1 aliphatic carbocycles. The van der Waals surface area contributed by atoms with Crippen LogP contribution >= 0.6 is 34.2 Å². The zero-order chi connectivity index (χ0) is 20.3. The topological polar surface area (TPSA) is 49.4 Å². The predicted octanol–water partition coefficient (Wildman–Crippen LogP) is 4.68. The quantitative estimate of drug-likeness (QED) is 0.355. The van der Waals surface area contributed by atoms with E-state index in [9.17, 15) is 9.59 Å². The minimum Gasteiger partial charge on any atom is -0.359 e. The van der Waals surface area contributed by atoms with Gasteiger partial charge in [0.25, 0.3) is 0 Å². The lowest BCUT2D eigenvalue weighted by molar-refractivity contribution is -0.144. The van der Waals surface area contributed by atoms with E-state index in [2.05, 4.69) is 64.0 Å². The molecule has 6 atom stereocenters. The Labute approximate surface area is 189 Å². The first kappa shape index (κ1) is 19.4. The third-order valence-electron chi connectivity index (χ3n) is 6.79. The average molecular weight is 521 g/mol. The van der Waals surface area contributed by atoms with Crippen LogP contribution in [0.3, 0.4) is 0 Å². The molecule has 0 unspecified atom stereocenters. The largest absolute Gasteiger partial charge is 0.359 e. The second-order valence-corrected chi connectivity index (χ2v) is 10.4. The van der Waals surface area contributed by atoms with Crippen molar-refractivity contribution >= 4 is 51.7 Å². The van der Waals surface area contributed by atoms with Crippen LogP contribution in [0.15, 0.2) is 48.5 Å². The van der Waals surface area contributed by atoms with E-state index in [4.69, 9.17) is 11.6 Å². The molecular formula is C23H22ClIN2O2. The predicted molar refractivity (Wildman–Crippen MR) is 122 cm³/mol. The van der Waals surface area contributed by atoms with Gasteiger partial charge in [-0.25, -0.2) is 0 Å². The summed E-state index contributed by atoms with van der Waals surface area (Å²) in [5.74, 6) is -0.523. The molecule has 2 aromatic carbocycles. The first-order valence-corrected chi connectivity index (χ1v) is 11.7. The maximum Gasteiger partial charge on any atom is 0.232 e. The Morgan fingerprint density at radius 2 is 1.69 bits per heavy atom. The molecule has 1 N–H and O–H groups in total. The fraction of sp³-hybridized carbons (Fsp3) is 0.391. The maximum absolute atomic E-state index is 13.1. The summed E-state index contributed by atoms with van der Waals surface area (Å²) in [5.41, 5.74) is 3.37. The number of alkyl halides is 1. The van der Waals surface area contributed by atoms with Gasteiger partial charge in [-0.3, -0.25) is 14.9 Å². The van der Waals surface area contributed by atoms with E-state index in [1.54, 1.807) is 0 Å². The summed E-state index contributed by atoms with van der Waals surface area (Å²) in [6, 6.07) is 16.4. The first-order valence-electron chi connectivity index (χ1n) is 10.0. The van der Waals surface area contributed by atoms with Crippen molar-refractivity contribution in [1.82, 2.24) is 5.32 Å². The molecule has 0 bridgehead atoms. The van der Waals surface area contributed by atoms with E-state index >= 15 is 0 Å². The molecule has 3 fully saturated rings. The van der Waals surface area contributed by atoms with E-state index in [1.807, 2.05) is 24.3 Å². The highest BCUT2D eigenvalue weighted by Crippen LogP contribution is 2.56. The van der Waals surface area contributed by atoms with Gasteiger partial charge >= 0.3 is 0 Å². The van der Waals surface area contributed by atoms with Gasteiger partial charge in [-0.05, 0) is 49.6 Å². The van der Waals surface area contributed by atoms with Crippen LogP contribution in [0.25, 0.3) is 0 Å². The van der Waals surface area contributed by atoms with Crippen LogP contribution in [0, 0.1) is 24.7 Å². The Bertz CT molecular complexity index is 962. The molecule has 150 valence electrons. The van der Waals surface area contributed by atoms with Gasteiger partial charge in [-0.1, -0.05) is 64.0 Å². The zero-order valence-corrected chi connectivity index (χ0v) is 18.9. The van der Waals surface area contributed by atoms with Gasteiger partial charge in [0, 0.05) is 32.5 Å². The highest BCUT2D eigenvalue weighted by atomic mass is 127. The molecule has 2 amide bonds. The number of carbonyl (C=O) groups excluding carboxylic acids is 2. The van der Waals surface area contributed by atoms with E-state index < -0.39 is 0 Å². The van der Waals surface area contributed by atoms with Gasteiger partial charge in [0.05, 0.1) is 12.0 Å². The summed E-state index contributed by atoms with van der Waals surface area (Å²) in [5, 5.41) is 3.38. The molecule has 2 heterocycles. The van der Waals surface area contributed by atoms with Crippen molar-refractivity contribution in [2.24, 2.45) is 17.8 Å². The van der Waals surface area contributed by atoms with Gasteiger partial charge in [-0.2, -0.15) is 0 Å². The van der Waals surface area contributed by atoms with Crippen LogP contribution in [0.2, 0.25) is 5.02 Å². The third kappa shape index (κ3) is 3.08. The minimum atomic E-state index is -0.237. The van der Waals surface area contributed by atoms with Crippen molar-refractivity contribution in [1.29, 1.82) is 0 Å². The number of imide groups is 1. The molecule has 0 radical (unpaired) electrons. The maximum atomic E-state index is 13.1. The standard InChI is InChI=1S/C23H22ClIN2O2/c1-12-2-4-13(5-3-12)20-19-18-16(22(28)26-23(19)29)10-11-17(25)21(18)27(20)15-8-6-14(24)7-9-15/h2-9,16-21H,10-11H2,1H3,(H,26,28,29)/t16-,17+,18+,19-,20-,21+/m1/s1. The molecule has 6 heteroatoms. The summed E-state index contributed by atoms with van der Waals surface area (Å²) in [7, 11) is 0. The molecule has 3 aliphatic rings. The highest BCUT2D eigenvalue weighted by Gasteiger charge is 2.62. The monoisotopic (exact) mass is 520 g/mol. The number of amides is 2. The number of hydrogen-bond donors (Lipinski definition) is 1. The summed E-state index contributed by atoms with van der Waals surface area (Å²) in [6.45, 7) is 2.07. The van der Waals surface area contributed by atoms with E-state index in [1.165, 1.54) is 5.56 Å². The number of carbonyl (C=O) groups is 2. The first-order chi connectivity index (χ1) is 14.0. The Hall–Kier alpha value is -1.60. The lowest BCUT2D eigenvalue weighted by Gasteiger charge is -2.42. The second kappa shape index (κ2) is 7.27. The Morgan fingerprint density at radius 1 is 1.00 bits per heavy atom. The Kier molecular flexibility index (Phi) is 4.86. The molecule has 2 saturated heterocycles. The molecule has 29 heavy (non-hydrogen) atoms. The average Bonchev–Trinajstić information content (AvgIpc) is 3.06. The smallest absolute Gasteiger partial charge is 0.232 e. The van der Waals surface area contributed by atoms with Gasteiger partial charge in [0.2, 0.25) is 11.8 Å². The molecule has 0 aromatic heterocycles. The number of nitrogens with zero attached hydrogens (tertiary/aromatic N) is 1. The van der Waals surface area contributed by atoms with E-state index in [0.29, 0.717) is 8.95 Å². The van der Waals surface area contributed by atoms with Crippen molar-refractivity contribution in [2.75, 3.05) is 4.90 Å². The molecule has 5 rings (SSSR count). The van der Waals surface area contributed by atoms with Crippen LogP contribution in [-0.4, -0.2) is 21.8 Å². The SMILES string of the molecule is Cc1ccc([C@@H]2[C@@H]3C(=O)NC(=O)[C@@H]4CC[C@H](I)[C@@H]([C@H]34)N2c2ccc(Cl)cc2)cc1. The molecular weight excluding hydrogens is 499 g/mol. The van der Waals surface area contributed by atoms with Crippen molar-refractivity contribution in [3.05, 3.63) is 64.7 Å². The molecule has 2 aromatic rings. The zero-order valence-electron chi connectivity index (χ0n) is 16.0. The highest BCUT2D eigenvalue weighted by molar-refractivity contribution is 14.1. The van der Waals surface area contributed by atoms with Crippen molar-refractivity contribution < 1.29 is 9.59 Å². The molecule has 0 spiro atoms. The molecule has 4 nitrogen and oxygen atoms in total. The summed E-state index contributed by atoms with van der Waals surface area (Å²) >= 11 is 8.68. The summed E-state index contributed by atoms with van der Waals surface area (Å²) in [6.07, 6.45) is 1.82. The van der Waals surface area contributed by atoms with E-state index in [-0.39, 0.29) is 41.7 Å². The lowest BCUT2D eigenvalue weighted by atomic mass is 9.67. The number of halogens is 2. The van der Waals surface area contributed by atoms with Gasteiger partial charge in [0.1, 0.15) is 0 Å². The molecule has 1 saturated carbocycles. The number of hydrogen-bond acceptors (Lipinski definition) is 3. The van der Waals surface area contributed by atoms with Crippen molar-refractivity contribution in [3.63, 3.8) is 0 Å². The van der Waals surface area contributed by atoms with Crippen LogP contribution in [0.4, 0.5) is 5.69 Å². The fourth-order valence-corrected chi connectivity index (χ4v) is 6.88. The van der Waals surface area contributed by atoms with Gasteiger partial charge < -0.3 is 4.90 Å². The van der Waals surface area contributed by atoms with Gasteiger partial charge in [-0.15, -0.1) is 0 Å².